The number of benzene rings is 1. The van der Waals surface area contributed by atoms with Crippen LogP contribution in [0.3, 0.4) is 0 Å². The summed E-state index contributed by atoms with van der Waals surface area (Å²) in [5, 5.41) is 0. The third-order valence-corrected chi connectivity index (χ3v) is 4.94. The second-order valence-electron chi connectivity index (χ2n) is 7.15. The van der Waals surface area contributed by atoms with Crippen LogP contribution in [0.25, 0.3) is 5.65 Å². The molecule has 0 spiro atoms. The summed E-state index contributed by atoms with van der Waals surface area (Å²) in [6, 6.07) is 11.6. The molecule has 1 fully saturated rings. The van der Waals surface area contributed by atoms with Crippen LogP contribution in [0.15, 0.2) is 48.8 Å². The number of imidazole rings is 1. The van der Waals surface area contributed by atoms with Crippen LogP contribution in [0.5, 0.6) is 5.75 Å². The largest absolute Gasteiger partial charge is 0.487 e. The minimum atomic E-state index is 0.0376. The summed E-state index contributed by atoms with van der Waals surface area (Å²) < 4.78 is 7.88. The van der Waals surface area contributed by atoms with E-state index < -0.39 is 0 Å². The van der Waals surface area contributed by atoms with Crippen molar-refractivity contribution in [2.45, 2.75) is 32.4 Å². The topological polar surface area (TPSA) is 72.9 Å². The van der Waals surface area contributed by atoms with Crippen LogP contribution in [-0.2, 0) is 6.61 Å². The van der Waals surface area contributed by atoms with Crippen molar-refractivity contribution in [2.75, 3.05) is 13.1 Å². The third kappa shape index (κ3) is 3.95. The van der Waals surface area contributed by atoms with Crippen LogP contribution in [0, 0.1) is 6.92 Å². The van der Waals surface area contributed by atoms with Crippen molar-refractivity contribution in [3.05, 3.63) is 65.6 Å². The minimum Gasteiger partial charge on any atom is -0.487 e. The number of fused-ring (bicyclic) bond motifs is 1. The van der Waals surface area contributed by atoms with E-state index in [4.69, 9.17) is 10.5 Å². The van der Waals surface area contributed by atoms with E-state index in [-0.39, 0.29) is 11.9 Å². The van der Waals surface area contributed by atoms with E-state index in [0.29, 0.717) is 31.0 Å². The first-order valence-electron chi connectivity index (χ1n) is 9.30. The molecule has 2 N–H and O–H groups in total. The highest BCUT2D eigenvalue weighted by Gasteiger charge is 2.21. The highest BCUT2D eigenvalue weighted by atomic mass is 16.5. The van der Waals surface area contributed by atoms with Crippen LogP contribution >= 0.6 is 0 Å². The predicted octanol–water partition coefficient (Wildman–Crippen LogP) is 2.79. The number of rotatable bonds is 4. The summed E-state index contributed by atoms with van der Waals surface area (Å²) >= 11 is 0. The van der Waals surface area contributed by atoms with Crippen molar-refractivity contribution in [3.8, 4) is 5.75 Å². The maximum atomic E-state index is 12.7. The summed E-state index contributed by atoms with van der Waals surface area (Å²) in [6.45, 7) is 3.84. The Bertz CT molecular complexity index is 958. The first-order chi connectivity index (χ1) is 13.1. The van der Waals surface area contributed by atoms with Crippen LogP contribution in [0.2, 0.25) is 0 Å². The smallest absolute Gasteiger partial charge is 0.253 e. The van der Waals surface area contributed by atoms with Gasteiger partial charge < -0.3 is 19.8 Å². The SMILES string of the molecule is Cc1ccc2nc(COc3cccc(C(=O)N4CCC(N)CC4)c3)cn2c1. The van der Waals surface area contributed by atoms with Gasteiger partial charge in [-0.2, -0.15) is 0 Å². The first kappa shape index (κ1) is 17.5. The number of hydrogen-bond donors (Lipinski definition) is 1. The lowest BCUT2D eigenvalue weighted by molar-refractivity contribution is 0.0714. The van der Waals surface area contributed by atoms with Gasteiger partial charge in [-0.05, 0) is 49.6 Å². The minimum absolute atomic E-state index is 0.0376. The van der Waals surface area contributed by atoms with E-state index in [0.717, 1.165) is 24.2 Å². The number of hydrogen-bond acceptors (Lipinski definition) is 4. The maximum Gasteiger partial charge on any atom is 0.253 e. The highest BCUT2D eigenvalue weighted by molar-refractivity contribution is 5.94. The lowest BCUT2D eigenvalue weighted by atomic mass is 10.0. The number of ether oxygens (including phenoxy) is 1. The molecule has 3 aromatic rings. The summed E-state index contributed by atoms with van der Waals surface area (Å²) in [6.07, 6.45) is 5.72. The van der Waals surface area contributed by atoms with Crippen molar-refractivity contribution in [1.29, 1.82) is 0 Å². The molecule has 0 unspecified atom stereocenters. The van der Waals surface area contributed by atoms with Gasteiger partial charge in [0.25, 0.3) is 5.91 Å². The monoisotopic (exact) mass is 364 g/mol. The Morgan fingerprint density at radius 2 is 2.04 bits per heavy atom. The average Bonchev–Trinajstić information content (AvgIpc) is 3.08. The zero-order chi connectivity index (χ0) is 18.8. The number of likely N-dealkylation sites (tertiary alicyclic amines) is 1. The molecule has 1 aromatic carbocycles. The Balaban J connectivity index is 1.43. The lowest BCUT2D eigenvalue weighted by Gasteiger charge is -2.30. The molecular weight excluding hydrogens is 340 g/mol. The van der Waals surface area contributed by atoms with Gasteiger partial charge in [-0.1, -0.05) is 12.1 Å². The molecule has 1 aliphatic heterocycles. The van der Waals surface area contributed by atoms with E-state index in [1.807, 2.05) is 58.9 Å². The molecule has 140 valence electrons. The zero-order valence-corrected chi connectivity index (χ0v) is 15.5. The van der Waals surface area contributed by atoms with E-state index >= 15 is 0 Å². The van der Waals surface area contributed by atoms with Crippen LogP contribution in [0.1, 0.15) is 34.5 Å². The molecule has 0 saturated carbocycles. The Hall–Kier alpha value is -2.86. The number of amides is 1. The Morgan fingerprint density at radius 1 is 1.22 bits per heavy atom. The van der Waals surface area contributed by atoms with Gasteiger partial charge >= 0.3 is 0 Å². The van der Waals surface area contributed by atoms with Gasteiger partial charge in [-0.25, -0.2) is 4.98 Å². The molecule has 1 aliphatic rings. The standard InChI is InChI=1S/C21H24N4O2/c1-15-5-6-20-23-18(13-25(20)12-15)14-27-19-4-2-3-16(11-19)21(26)24-9-7-17(22)8-10-24/h2-6,11-13,17H,7-10,14,22H2,1H3. The van der Waals surface area contributed by atoms with Gasteiger partial charge in [0, 0.05) is 37.1 Å². The second-order valence-corrected chi connectivity index (χ2v) is 7.15. The van der Waals surface area contributed by atoms with Crippen molar-refractivity contribution >= 4 is 11.6 Å². The molecule has 4 rings (SSSR count). The molecule has 27 heavy (non-hydrogen) atoms. The van der Waals surface area contributed by atoms with Gasteiger partial charge in [-0.3, -0.25) is 4.79 Å². The van der Waals surface area contributed by atoms with Gasteiger partial charge in [-0.15, -0.1) is 0 Å². The fraction of sp³-hybridized carbons (Fsp3) is 0.333. The maximum absolute atomic E-state index is 12.7. The van der Waals surface area contributed by atoms with E-state index in [2.05, 4.69) is 4.98 Å². The van der Waals surface area contributed by atoms with E-state index in [1.165, 1.54) is 5.56 Å². The van der Waals surface area contributed by atoms with Gasteiger partial charge in [0.2, 0.25) is 0 Å². The quantitative estimate of drug-likeness (QED) is 0.773. The number of carbonyl (C=O) groups excluding carboxylic acids is 1. The van der Waals surface area contributed by atoms with Crippen molar-refractivity contribution in [3.63, 3.8) is 0 Å². The third-order valence-electron chi connectivity index (χ3n) is 4.94. The number of aryl methyl sites for hydroxylation is 1. The van der Waals surface area contributed by atoms with Crippen molar-refractivity contribution < 1.29 is 9.53 Å². The molecule has 3 heterocycles. The predicted molar refractivity (Wildman–Crippen MR) is 104 cm³/mol. The van der Waals surface area contributed by atoms with Crippen molar-refractivity contribution in [2.24, 2.45) is 5.73 Å². The molecule has 0 radical (unpaired) electrons. The number of pyridine rings is 1. The lowest BCUT2D eigenvalue weighted by Crippen LogP contribution is -2.42. The summed E-state index contributed by atoms with van der Waals surface area (Å²) in [4.78, 5) is 19.1. The molecule has 1 saturated heterocycles. The Kier molecular flexibility index (Phi) is 4.81. The van der Waals surface area contributed by atoms with Crippen LogP contribution < -0.4 is 10.5 Å². The van der Waals surface area contributed by atoms with E-state index in [1.54, 1.807) is 6.07 Å². The molecule has 6 heteroatoms. The fourth-order valence-electron chi connectivity index (χ4n) is 3.39. The van der Waals surface area contributed by atoms with E-state index in [9.17, 15) is 4.79 Å². The van der Waals surface area contributed by atoms with Crippen molar-refractivity contribution in [1.82, 2.24) is 14.3 Å². The average molecular weight is 364 g/mol. The Labute approximate surface area is 158 Å². The molecule has 6 nitrogen and oxygen atoms in total. The molecular formula is C21H24N4O2. The van der Waals surface area contributed by atoms with Gasteiger partial charge in [0.15, 0.2) is 0 Å². The normalized spacial score (nSPS) is 15.3. The first-order valence-corrected chi connectivity index (χ1v) is 9.30. The number of carbonyl (C=O) groups is 1. The molecule has 0 aliphatic carbocycles. The molecule has 2 aromatic heterocycles. The number of piperidine rings is 1. The van der Waals surface area contributed by atoms with Gasteiger partial charge in [0.05, 0.1) is 5.69 Å². The molecule has 0 atom stereocenters. The van der Waals surface area contributed by atoms with Gasteiger partial charge in [0.1, 0.15) is 18.0 Å². The van der Waals surface area contributed by atoms with Crippen LogP contribution in [-0.4, -0.2) is 39.3 Å². The second kappa shape index (κ2) is 7.40. The fourth-order valence-corrected chi connectivity index (χ4v) is 3.39. The Morgan fingerprint density at radius 3 is 2.85 bits per heavy atom. The summed E-state index contributed by atoms with van der Waals surface area (Å²) in [7, 11) is 0. The summed E-state index contributed by atoms with van der Waals surface area (Å²) in [5.41, 5.74) is 9.49. The number of nitrogens with zero attached hydrogens (tertiary/aromatic N) is 3. The highest BCUT2D eigenvalue weighted by Crippen LogP contribution is 2.19. The number of aromatic nitrogens is 2. The molecule has 1 amide bonds. The van der Waals surface area contributed by atoms with Crippen LogP contribution in [0.4, 0.5) is 0 Å². The molecule has 0 bridgehead atoms. The summed E-state index contributed by atoms with van der Waals surface area (Å²) in [5.74, 6) is 0.707. The number of nitrogens with two attached hydrogens (primary N) is 1. The zero-order valence-electron chi connectivity index (χ0n) is 15.5.